The Morgan fingerprint density at radius 2 is 1.16 bits per heavy atom. The maximum Gasteiger partial charge on any atom is 0.205 e. The fraction of sp³-hybridized carbons (Fsp3) is 0.581. The summed E-state index contributed by atoms with van der Waals surface area (Å²) in [6.07, 6.45) is 27.7. The molecule has 0 aliphatic rings. The fourth-order valence-corrected chi connectivity index (χ4v) is 4.38. The van der Waals surface area contributed by atoms with Crippen LogP contribution >= 0.6 is 0 Å². The number of rotatable bonds is 18. The Morgan fingerprint density at radius 1 is 0.594 bits per heavy atom. The van der Waals surface area contributed by atoms with Gasteiger partial charge in [0, 0.05) is 24.1 Å². The molecular formula is C31H48N+. The monoisotopic (exact) mass is 434 g/mol. The molecule has 0 aliphatic carbocycles. The summed E-state index contributed by atoms with van der Waals surface area (Å²) in [4.78, 5) is 0. The van der Waals surface area contributed by atoms with Gasteiger partial charge in [0.05, 0.1) is 0 Å². The topological polar surface area (TPSA) is 3.88 Å². The molecule has 0 saturated heterocycles. The molecule has 32 heavy (non-hydrogen) atoms. The van der Waals surface area contributed by atoms with E-state index in [1.54, 1.807) is 0 Å². The van der Waals surface area contributed by atoms with Crippen molar-refractivity contribution in [1.82, 2.24) is 0 Å². The number of nitrogens with zero attached hydrogens (tertiary/aromatic N) is 1. The highest BCUT2D eigenvalue weighted by atomic mass is 14.9. The normalized spacial score (nSPS) is 11.4. The van der Waals surface area contributed by atoms with Crippen molar-refractivity contribution in [2.24, 2.45) is 0 Å². The summed E-state index contributed by atoms with van der Waals surface area (Å²) in [6.45, 7) is 5.66. The van der Waals surface area contributed by atoms with Crippen LogP contribution in [0.15, 0.2) is 48.7 Å². The smallest absolute Gasteiger partial charge is 0.199 e. The number of hydrogen-bond acceptors (Lipinski definition) is 0. The number of hydrogen-bond donors (Lipinski definition) is 0. The molecule has 1 aromatic carbocycles. The van der Waals surface area contributed by atoms with Crippen molar-refractivity contribution in [2.45, 2.75) is 117 Å². The Balaban J connectivity index is 1.60. The zero-order valence-corrected chi connectivity index (χ0v) is 21.0. The molecule has 0 radical (unpaired) electrons. The second-order valence-electron chi connectivity index (χ2n) is 9.35. The van der Waals surface area contributed by atoms with E-state index in [4.69, 9.17) is 0 Å². The molecule has 1 heteroatoms. The standard InChI is InChI=1S/C31H48N/c1-3-5-6-7-8-9-10-11-12-13-14-15-16-20-27-32-28-29(4-2)23-25-31(32)26-24-30-21-18-17-19-22-30/h17-19,21-26,28H,3-16,20,27H2,1-2H3/q+1/b26-24+. The van der Waals surface area contributed by atoms with Crippen LogP contribution in [0.25, 0.3) is 12.2 Å². The van der Waals surface area contributed by atoms with Gasteiger partial charge in [-0.05, 0) is 30.5 Å². The predicted octanol–water partition coefficient (Wildman–Crippen LogP) is 9.19. The molecule has 176 valence electrons. The first-order valence-electron chi connectivity index (χ1n) is 13.6. The van der Waals surface area contributed by atoms with Gasteiger partial charge in [0.15, 0.2) is 6.20 Å². The number of aromatic nitrogens is 1. The van der Waals surface area contributed by atoms with Crippen LogP contribution in [0.4, 0.5) is 0 Å². The summed E-state index contributed by atoms with van der Waals surface area (Å²) >= 11 is 0. The van der Waals surface area contributed by atoms with Crippen LogP contribution in [0.2, 0.25) is 0 Å². The van der Waals surface area contributed by atoms with E-state index < -0.39 is 0 Å². The molecule has 0 amide bonds. The minimum Gasteiger partial charge on any atom is -0.199 e. The van der Waals surface area contributed by atoms with E-state index in [1.807, 2.05) is 0 Å². The summed E-state index contributed by atoms with van der Waals surface area (Å²) in [6, 6.07) is 15.1. The summed E-state index contributed by atoms with van der Waals surface area (Å²) < 4.78 is 2.46. The Morgan fingerprint density at radius 3 is 1.72 bits per heavy atom. The molecule has 0 fully saturated rings. The van der Waals surface area contributed by atoms with Crippen molar-refractivity contribution >= 4 is 12.2 Å². The van der Waals surface area contributed by atoms with Gasteiger partial charge in [0.25, 0.3) is 0 Å². The van der Waals surface area contributed by atoms with Crippen molar-refractivity contribution in [1.29, 1.82) is 0 Å². The molecule has 0 aliphatic heterocycles. The number of benzene rings is 1. The molecule has 0 unspecified atom stereocenters. The van der Waals surface area contributed by atoms with E-state index in [-0.39, 0.29) is 0 Å². The Labute approximate surface area is 199 Å². The predicted molar refractivity (Wildman–Crippen MR) is 142 cm³/mol. The van der Waals surface area contributed by atoms with Gasteiger partial charge in [-0.3, -0.25) is 0 Å². The van der Waals surface area contributed by atoms with Gasteiger partial charge in [0.1, 0.15) is 6.54 Å². The van der Waals surface area contributed by atoms with Crippen LogP contribution in [-0.4, -0.2) is 0 Å². The zero-order valence-electron chi connectivity index (χ0n) is 21.0. The molecule has 2 aromatic rings. The SMILES string of the molecule is CCCCCCCCCCCCCCCC[n+]1cc(CC)ccc1/C=C/c1ccccc1. The molecule has 0 saturated carbocycles. The average Bonchev–Trinajstić information content (AvgIpc) is 2.84. The molecule has 0 spiro atoms. The second-order valence-corrected chi connectivity index (χ2v) is 9.35. The van der Waals surface area contributed by atoms with Crippen molar-refractivity contribution in [2.75, 3.05) is 0 Å². The Kier molecular flexibility index (Phi) is 14.5. The van der Waals surface area contributed by atoms with Crippen LogP contribution in [-0.2, 0) is 13.0 Å². The lowest BCUT2D eigenvalue weighted by Gasteiger charge is -2.05. The number of aryl methyl sites for hydroxylation is 2. The van der Waals surface area contributed by atoms with E-state index >= 15 is 0 Å². The summed E-state index contributed by atoms with van der Waals surface area (Å²) in [5, 5.41) is 0. The highest BCUT2D eigenvalue weighted by molar-refractivity contribution is 5.66. The van der Waals surface area contributed by atoms with Crippen LogP contribution in [0.1, 0.15) is 121 Å². The molecular weight excluding hydrogens is 386 g/mol. The largest absolute Gasteiger partial charge is 0.205 e. The molecule has 1 nitrogen and oxygen atoms in total. The molecule has 0 N–H and O–H groups in total. The molecule has 0 bridgehead atoms. The third-order valence-electron chi connectivity index (χ3n) is 6.53. The van der Waals surface area contributed by atoms with Crippen LogP contribution in [0, 0.1) is 0 Å². The van der Waals surface area contributed by atoms with Gasteiger partial charge >= 0.3 is 0 Å². The average molecular weight is 435 g/mol. The fourth-order valence-electron chi connectivity index (χ4n) is 4.38. The van der Waals surface area contributed by atoms with E-state index in [1.165, 1.54) is 107 Å². The maximum absolute atomic E-state index is 2.46. The first kappa shape index (κ1) is 26.4. The maximum atomic E-state index is 2.46. The van der Waals surface area contributed by atoms with Crippen LogP contribution in [0.3, 0.4) is 0 Å². The third-order valence-corrected chi connectivity index (χ3v) is 6.53. The van der Waals surface area contributed by atoms with Gasteiger partial charge < -0.3 is 0 Å². The summed E-state index contributed by atoms with van der Waals surface area (Å²) in [5.41, 5.74) is 3.99. The second kappa shape index (κ2) is 17.6. The molecule has 0 atom stereocenters. The van der Waals surface area contributed by atoms with E-state index in [9.17, 15) is 0 Å². The quantitative estimate of drug-likeness (QED) is 0.163. The highest BCUT2D eigenvalue weighted by Crippen LogP contribution is 2.13. The molecule has 1 aromatic heterocycles. The van der Waals surface area contributed by atoms with Gasteiger partial charge in [-0.25, -0.2) is 0 Å². The van der Waals surface area contributed by atoms with E-state index in [2.05, 4.69) is 79.2 Å². The van der Waals surface area contributed by atoms with Gasteiger partial charge in [0.2, 0.25) is 5.69 Å². The van der Waals surface area contributed by atoms with Crippen molar-refractivity contribution in [3.8, 4) is 0 Å². The first-order valence-corrected chi connectivity index (χ1v) is 13.6. The Bertz CT molecular complexity index is 731. The number of pyridine rings is 1. The first-order chi connectivity index (χ1) is 15.8. The summed E-state index contributed by atoms with van der Waals surface area (Å²) in [5.74, 6) is 0. The summed E-state index contributed by atoms with van der Waals surface area (Å²) in [7, 11) is 0. The zero-order chi connectivity index (χ0) is 22.7. The molecule has 1 heterocycles. The molecule has 2 rings (SSSR count). The van der Waals surface area contributed by atoms with Gasteiger partial charge in [-0.15, -0.1) is 0 Å². The van der Waals surface area contributed by atoms with Crippen molar-refractivity contribution in [3.05, 3.63) is 65.5 Å². The van der Waals surface area contributed by atoms with E-state index in [0.717, 1.165) is 13.0 Å². The van der Waals surface area contributed by atoms with Crippen LogP contribution < -0.4 is 4.57 Å². The highest BCUT2D eigenvalue weighted by Gasteiger charge is 2.09. The Hall–Kier alpha value is -1.89. The lowest BCUT2D eigenvalue weighted by Crippen LogP contribution is -2.37. The lowest BCUT2D eigenvalue weighted by molar-refractivity contribution is -0.699. The lowest BCUT2D eigenvalue weighted by atomic mass is 10.0. The minimum absolute atomic E-state index is 1.10. The third kappa shape index (κ3) is 11.7. The van der Waals surface area contributed by atoms with Crippen molar-refractivity contribution < 1.29 is 4.57 Å². The van der Waals surface area contributed by atoms with Crippen molar-refractivity contribution in [3.63, 3.8) is 0 Å². The van der Waals surface area contributed by atoms with E-state index in [0.29, 0.717) is 0 Å². The minimum atomic E-state index is 1.10. The van der Waals surface area contributed by atoms with Crippen LogP contribution in [0.5, 0.6) is 0 Å². The van der Waals surface area contributed by atoms with Gasteiger partial charge in [-0.2, -0.15) is 4.57 Å². The number of unbranched alkanes of at least 4 members (excludes halogenated alkanes) is 13. The van der Waals surface area contributed by atoms with Gasteiger partial charge in [-0.1, -0.05) is 121 Å².